The summed E-state index contributed by atoms with van der Waals surface area (Å²) in [6.45, 7) is 1.99. The van der Waals surface area contributed by atoms with Gasteiger partial charge in [0.25, 0.3) is 0 Å². The van der Waals surface area contributed by atoms with Gasteiger partial charge >= 0.3 is 0 Å². The van der Waals surface area contributed by atoms with E-state index in [0.717, 1.165) is 18.3 Å². The van der Waals surface area contributed by atoms with Gasteiger partial charge in [-0.05, 0) is 11.8 Å². The minimum atomic E-state index is -0.142. The third-order valence-electron chi connectivity index (χ3n) is 0.871. The first kappa shape index (κ1) is 9.72. The molecule has 0 bridgehead atoms. The van der Waals surface area contributed by atoms with Crippen LogP contribution < -0.4 is 16.8 Å². The van der Waals surface area contributed by atoms with Crippen LogP contribution in [0.3, 0.4) is 0 Å². The van der Waals surface area contributed by atoms with Gasteiger partial charge in [0.05, 0.1) is 5.37 Å². The second-order valence-electron chi connectivity index (χ2n) is 1.74. The number of hydrogen-bond donors (Lipinski definition) is 3. The van der Waals surface area contributed by atoms with Crippen LogP contribution in [0.5, 0.6) is 0 Å². The molecule has 0 aliphatic carbocycles. The smallest absolute Gasteiger partial charge is 0.135 e. The molecule has 10 heavy (non-hydrogen) atoms. The van der Waals surface area contributed by atoms with Gasteiger partial charge in [-0.25, -0.2) is 0 Å². The number of rotatable bonds is 5. The van der Waals surface area contributed by atoms with Crippen molar-refractivity contribution in [3.63, 3.8) is 0 Å². The number of nitrogens with zero attached hydrogens (tertiary/aromatic N) is 1. The Morgan fingerprint density at radius 2 is 2.40 bits per heavy atom. The number of thioether (sulfide) groups is 1. The molecule has 0 spiro atoms. The monoisotopic (exact) mass is 160 g/mol. The lowest BCUT2D eigenvalue weighted by Crippen LogP contribution is -2.33. The lowest BCUT2D eigenvalue weighted by molar-refractivity contribution is 0.677. The summed E-state index contributed by atoms with van der Waals surface area (Å²) in [4.78, 5) is 0. The van der Waals surface area contributed by atoms with Gasteiger partial charge in [-0.15, -0.1) is 0 Å². The number of thiocyanates is 1. The molecule has 0 saturated carbocycles. The Hall–Kier alpha value is -0.280. The van der Waals surface area contributed by atoms with Gasteiger partial charge in [0, 0.05) is 19.6 Å². The number of nitrogens with one attached hydrogen (secondary N) is 1. The van der Waals surface area contributed by atoms with Crippen LogP contribution in [0, 0.1) is 10.7 Å². The largest absolute Gasteiger partial charge is 0.329 e. The van der Waals surface area contributed by atoms with E-state index in [1.54, 1.807) is 0 Å². The molecule has 0 amide bonds. The standard InChI is InChI=1S/C5H12N4S/c6-1-2-9-3-5(8)10-4-7/h5,9H,1-3,6,8H2. The maximum Gasteiger partial charge on any atom is 0.135 e. The SMILES string of the molecule is N#CSC(N)CNCCN. The fraction of sp³-hybridized carbons (Fsp3) is 0.800. The maximum absolute atomic E-state index is 8.17. The van der Waals surface area contributed by atoms with E-state index in [1.807, 2.05) is 5.40 Å². The highest BCUT2D eigenvalue weighted by Crippen LogP contribution is 1.99. The third-order valence-corrected chi connectivity index (χ3v) is 1.45. The van der Waals surface area contributed by atoms with Crippen LogP contribution in [0.15, 0.2) is 0 Å². The van der Waals surface area contributed by atoms with E-state index in [0.29, 0.717) is 13.1 Å². The van der Waals surface area contributed by atoms with Crippen molar-refractivity contribution in [1.82, 2.24) is 5.32 Å². The molecular weight excluding hydrogens is 148 g/mol. The molecule has 0 heterocycles. The summed E-state index contributed by atoms with van der Waals surface area (Å²) in [6.07, 6.45) is 0. The third kappa shape index (κ3) is 5.85. The maximum atomic E-state index is 8.17. The minimum absolute atomic E-state index is 0.142. The first-order valence-electron chi connectivity index (χ1n) is 3.02. The Bertz CT molecular complexity index is 111. The Morgan fingerprint density at radius 3 is 2.90 bits per heavy atom. The van der Waals surface area contributed by atoms with Crippen molar-refractivity contribution in [1.29, 1.82) is 5.26 Å². The molecule has 5 heteroatoms. The lowest BCUT2D eigenvalue weighted by atomic mass is 10.6. The van der Waals surface area contributed by atoms with E-state index < -0.39 is 0 Å². The highest BCUT2D eigenvalue weighted by molar-refractivity contribution is 8.04. The summed E-state index contributed by atoms with van der Waals surface area (Å²) in [5.41, 5.74) is 10.7. The van der Waals surface area contributed by atoms with E-state index >= 15 is 0 Å². The molecule has 5 N–H and O–H groups in total. The molecule has 58 valence electrons. The molecular formula is C5H12N4S. The van der Waals surface area contributed by atoms with Crippen LogP contribution in [0.2, 0.25) is 0 Å². The second-order valence-corrected chi connectivity index (χ2v) is 2.76. The molecule has 4 nitrogen and oxygen atoms in total. The zero-order valence-electron chi connectivity index (χ0n) is 5.71. The number of nitriles is 1. The van der Waals surface area contributed by atoms with Gasteiger partial charge in [-0.3, -0.25) is 0 Å². The van der Waals surface area contributed by atoms with Gasteiger partial charge in [0.1, 0.15) is 5.40 Å². The normalized spacial score (nSPS) is 12.5. The summed E-state index contributed by atoms with van der Waals surface area (Å²) in [6, 6.07) is 0. The van der Waals surface area contributed by atoms with Crippen molar-refractivity contribution in [2.75, 3.05) is 19.6 Å². The average Bonchev–Trinajstić information content (AvgIpc) is 1.89. The predicted octanol–water partition coefficient (Wildman–Crippen LogP) is -0.966. The Kier molecular flexibility index (Phi) is 6.64. The van der Waals surface area contributed by atoms with Crippen molar-refractivity contribution in [3.05, 3.63) is 0 Å². The predicted molar refractivity (Wildman–Crippen MR) is 43.1 cm³/mol. The van der Waals surface area contributed by atoms with Gasteiger partial charge in [-0.2, -0.15) is 5.26 Å². The highest BCUT2D eigenvalue weighted by atomic mass is 32.2. The van der Waals surface area contributed by atoms with Gasteiger partial charge in [0.15, 0.2) is 0 Å². The minimum Gasteiger partial charge on any atom is -0.329 e. The number of hydrogen-bond acceptors (Lipinski definition) is 5. The summed E-state index contributed by atoms with van der Waals surface area (Å²) in [5.74, 6) is 0. The first-order chi connectivity index (χ1) is 4.81. The van der Waals surface area contributed by atoms with E-state index in [4.69, 9.17) is 16.7 Å². The molecule has 0 aliphatic rings. The quantitative estimate of drug-likeness (QED) is 0.274. The average molecular weight is 160 g/mol. The Balaban J connectivity index is 3.06. The van der Waals surface area contributed by atoms with Crippen LogP contribution >= 0.6 is 11.8 Å². The van der Waals surface area contributed by atoms with E-state index in [9.17, 15) is 0 Å². The van der Waals surface area contributed by atoms with Gasteiger partial charge in [-0.1, -0.05) is 0 Å². The highest BCUT2D eigenvalue weighted by Gasteiger charge is 1.99. The van der Waals surface area contributed by atoms with Gasteiger partial charge < -0.3 is 16.8 Å². The van der Waals surface area contributed by atoms with E-state index in [1.165, 1.54) is 0 Å². The van der Waals surface area contributed by atoms with Crippen molar-refractivity contribution < 1.29 is 0 Å². The lowest BCUT2D eigenvalue weighted by Gasteiger charge is -2.06. The molecule has 0 radical (unpaired) electrons. The summed E-state index contributed by atoms with van der Waals surface area (Å²) < 4.78 is 0. The Labute approximate surface area is 64.9 Å². The molecule has 0 aromatic heterocycles. The van der Waals surface area contributed by atoms with E-state index in [-0.39, 0.29) is 5.37 Å². The summed E-state index contributed by atoms with van der Waals surface area (Å²) in [7, 11) is 0. The van der Waals surface area contributed by atoms with Crippen LogP contribution in [0.4, 0.5) is 0 Å². The second kappa shape index (κ2) is 6.83. The van der Waals surface area contributed by atoms with Crippen LogP contribution in [-0.4, -0.2) is 25.0 Å². The molecule has 0 rings (SSSR count). The van der Waals surface area contributed by atoms with E-state index in [2.05, 4.69) is 5.32 Å². The van der Waals surface area contributed by atoms with Crippen LogP contribution in [-0.2, 0) is 0 Å². The van der Waals surface area contributed by atoms with Crippen molar-refractivity contribution in [2.45, 2.75) is 5.37 Å². The molecule has 1 atom stereocenters. The summed E-state index contributed by atoms with van der Waals surface area (Å²) >= 11 is 1.06. The van der Waals surface area contributed by atoms with Gasteiger partial charge in [0.2, 0.25) is 0 Å². The zero-order chi connectivity index (χ0) is 7.82. The summed E-state index contributed by atoms with van der Waals surface area (Å²) in [5, 5.41) is 12.9. The molecule has 0 fully saturated rings. The molecule has 0 aliphatic heterocycles. The fourth-order valence-corrected chi connectivity index (χ4v) is 0.792. The van der Waals surface area contributed by atoms with Crippen molar-refractivity contribution in [2.24, 2.45) is 11.5 Å². The molecule has 1 unspecified atom stereocenters. The topological polar surface area (TPSA) is 87.9 Å². The van der Waals surface area contributed by atoms with Crippen LogP contribution in [0.25, 0.3) is 0 Å². The first-order valence-corrected chi connectivity index (χ1v) is 3.90. The Morgan fingerprint density at radius 1 is 1.70 bits per heavy atom. The van der Waals surface area contributed by atoms with Crippen LogP contribution in [0.1, 0.15) is 0 Å². The zero-order valence-corrected chi connectivity index (χ0v) is 6.53. The number of nitrogens with two attached hydrogens (primary N) is 2. The molecule has 0 aromatic carbocycles. The van der Waals surface area contributed by atoms with Crippen molar-refractivity contribution >= 4 is 11.8 Å². The molecule has 0 aromatic rings. The fourth-order valence-electron chi connectivity index (χ4n) is 0.456. The molecule has 0 saturated heterocycles. The van der Waals surface area contributed by atoms with Crippen molar-refractivity contribution in [3.8, 4) is 5.40 Å².